The van der Waals surface area contributed by atoms with Crippen LogP contribution in [-0.4, -0.2) is 114 Å². The lowest BCUT2D eigenvalue weighted by molar-refractivity contribution is -0.162. The summed E-state index contributed by atoms with van der Waals surface area (Å²) in [6, 6.07) is 10.6. The number of hydrogen-bond acceptors (Lipinski definition) is 16. The number of ketones is 3. The standard InChI is InChI=1S/C44H52N8O13/c1-26(54)30-17-31(27(2)55)19-32(18-30)34(56)12-8-14-48-41(58)28-9-6-11-33(20-28)63-25-38(50-51-46)62-16-15-61-24-37(57)47-13-7-10-29-22-52(43(60)49-40(29)45)39-21-35(36(23-53)64-39)65-42(59)44(3,4)5/h6,9,11,17-20,22,35-36,38-39,53H,8,12-16,21,23-25H2,1-5H3,(H,47,57)(H,48,58)(H2,45,49,60)/t35-,36+,38?,39+/m0/s1. The summed E-state index contributed by atoms with van der Waals surface area (Å²) in [5, 5.41) is 18.6. The fraction of sp³-hybridized carbons (Fsp3) is 0.455. The maximum Gasteiger partial charge on any atom is 0.351 e. The number of aromatic nitrogens is 2. The number of anilines is 1. The molecule has 0 spiro atoms. The van der Waals surface area contributed by atoms with Crippen LogP contribution in [0.4, 0.5) is 5.82 Å². The summed E-state index contributed by atoms with van der Waals surface area (Å²) in [5.74, 6) is 3.38. The van der Waals surface area contributed by atoms with E-state index < -0.39 is 60.2 Å². The lowest BCUT2D eigenvalue weighted by atomic mass is 9.97. The smallest absolute Gasteiger partial charge is 0.351 e. The number of nitrogens with zero attached hydrogens (tertiary/aromatic N) is 5. The number of carbonyl (C=O) groups excluding carboxylic acids is 6. The minimum Gasteiger partial charge on any atom is -0.491 e. The number of ether oxygens (including phenoxy) is 5. The van der Waals surface area contributed by atoms with Crippen molar-refractivity contribution >= 4 is 41.0 Å². The minimum atomic E-state index is -1.08. The van der Waals surface area contributed by atoms with Gasteiger partial charge in [0.15, 0.2) is 23.6 Å². The number of amides is 2. The molecule has 5 N–H and O–H groups in total. The van der Waals surface area contributed by atoms with E-state index in [1.807, 2.05) is 0 Å². The van der Waals surface area contributed by atoms with Gasteiger partial charge in [0.25, 0.3) is 5.91 Å². The highest BCUT2D eigenvalue weighted by Gasteiger charge is 2.40. The Morgan fingerprint density at radius 2 is 1.75 bits per heavy atom. The molecule has 0 saturated carbocycles. The van der Waals surface area contributed by atoms with E-state index in [1.54, 1.807) is 39.0 Å². The zero-order chi connectivity index (χ0) is 47.7. The van der Waals surface area contributed by atoms with Crippen LogP contribution in [0, 0.1) is 17.3 Å². The Labute approximate surface area is 373 Å². The molecule has 65 heavy (non-hydrogen) atoms. The van der Waals surface area contributed by atoms with Gasteiger partial charge in [0.1, 0.15) is 43.2 Å². The highest BCUT2D eigenvalue weighted by Crippen LogP contribution is 2.32. The summed E-state index contributed by atoms with van der Waals surface area (Å²) >= 11 is 0. The summed E-state index contributed by atoms with van der Waals surface area (Å²) in [5.41, 5.74) is 14.6. The Balaban J connectivity index is 1.16. The molecule has 3 aromatic rings. The van der Waals surface area contributed by atoms with E-state index in [0.717, 1.165) is 4.57 Å². The monoisotopic (exact) mass is 900 g/mol. The van der Waals surface area contributed by atoms with E-state index in [2.05, 4.69) is 37.5 Å². The third-order valence-corrected chi connectivity index (χ3v) is 9.49. The third kappa shape index (κ3) is 15.7. The van der Waals surface area contributed by atoms with Crippen molar-refractivity contribution < 1.29 is 57.6 Å². The Kier molecular flexibility index (Phi) is 18.9. The molecule has 2 aromatic carbocycles. The highest BCUT2D eigenvalue weighted by molar-refractivity contribution is 6.05. The predicted octanol–water partition coefficient (Wildman–Crippen LogP) is 3.08. The number of nitrogens with two attached hydrogens (primary N) is 1. The number of carbonyl (C=O) groups is 6. The largest absolute Gasteiger partial charge is 0.491 e. The van der Waals surface area contributed by atoms with Gasteiger partial charge in [-0.05, 0) is 83.0 Å². The van der Waals surface area contributed by atoms with Gasteiger partial charge in [0.2, 0.25) is 5.91 Å². The number of hydrogen-bond donors (Lipinski definition) is 4. The molecule has 1 saturated heterocycles. The van der Waals surface area contributed by atoms with Gasteiger partial charge in [0, 0.05) is 52.7 Å². The minimum absolute atomic E-state index is 0.0531. The molecule has 346 valence electrons. The van der Waals surface area contributed by atoms with Crippen molar-refractivity contribution in [1.82, 2.24) is 20.2 Å². The quantitative estimate of drug-likeness (QED) is 0.0214. The first-order valence-electron chi connectivity index (χ1n) is 20.5. The third-order valence-electron chi connectivity index (χ3n) is 9.49. The molecule has 2 heterocycles. The first-order chi connectivity index (χ1) is 30.9. The summed E-state index contributed by atoms with van der Waals surface area (Å²) in [7, 11) is 0. The molecule has 1 unspecified atom stereocenters. The molecule has 1 fully saturated rings. The van der Waals surface area contributed by atoms with Crippen LogP contribution in [0.15, 0.2) is 58.6 Å². The Morgan fingerprint density at radius 1 is 1.05 bits per heavy atom. The van der Waals surface area contributed by atoms with Crippen LogP contribution in [0.2, 0.25) is 0 Å². The van der Waals surface area contributed by atoms with E-state index >= 15 is 0 Å². The van der Waals surface area contributed by atoms with Crippen molar-refractivity contribution in [3.63, 3.8) is 0 Å². The van der Waals surface area contributed by atoms with Crippen molar-refractivity contribution in [1.29, 1.82) is 0 Å². The predicted molar refractivity (Wildman–Crippen MR) is 232 cm³/mol. The van der Waals surface area contributed by atoms with Crippen LogP contribution >= 0.6 is 0 Å². The van der Waals surface area contributed by atoms with Crippen molar-refractivity contribution in [3.05, 3.63) is 97.4 Å². The zero-order valence-electron chi connectivity index (χ0n) is 36.7. The molecule has 0 radical (unpaired) electrons. The SMILES string of the molecule is CC(=O)c1cc(C(C)=O)cc(C(=O)CCCNC(=O)c2cccc(OCC(N=[N+]=[N-])OCCOCC(=O)NCC#Cc3cn([C@H]4C[C@H](OC(=O)C(C)(C)C)[C@@H](CO)O4)c(=O)nc3N)c2)c1. The first-order valence-corrected chi connectivity index (χ1v) is 20.5. The van der Waals surface area contributed by atoms with Gasteiger partial charge in [-0.25, -0.2) is 4.79 Å². The zero-order valence-corrected chi connectivity index (χ0v) is 36.7. The molecule has 4 rings (SSSR count). The van der Waals surface area contributed by atoms with Crippen molar-refractivity contribution in [2.45, 2.75) is 78.5 Å². The van der Waals surface area contributed by atoms with Gasteiger partial charge in [-0.1, -0.05) is 23.0 Å². The molecule has 0 bridgehead atoms. The summed E-state index contributed by atoms with van der Waals surface area (Å²) < 4.78 is 29.0. The van der Waals surface area contributed by atoms with E-state index in [9.17, 15) is 38.7 Å². The summed E-state index contributed by atoms with van der Waals surface area (Å²) in [4.78, 5) is 93.3. The van der Waals surface area contributed by atoms with Crippen LogP contribution in [0.25, 0.3) is 10.4 Å². The molecule has 21 heteroatoms. The molecule has 1 aromatic heterocycles. The van der Waals surface area contributed by atoms with Gasteiger partial charge in [-0.3, -0.25) is 33.3 Å². The van der Waals surface area contributed by atoms with Crippen LogP contribution in [0.1, 0.15) is 107 Å². The highest BCUT2D eigenvalue weighted by atomic mass is 16.6. The molecule has 21 nitrogen and oxygen atoms in total. The molecular formula is C44H52N8O13. The molecule has 4 atom stereocenters. The van der Waals surface area contributed by atoms with Crippen molar-refractivity contribution in [3.8, 4) is 17.6 Å². The number of Topliss-reactive ketones (excluding diaryl/α,β-unsaturated/α-hetero) is 3. The number of aliphatic hydroxyl groups is 1. The average Bonchev–Trinajstić information content (AvgIpc) is 3.67. The van der Waals surface area contributed by atoms with Crippen LogP contribution in [0.3, 0.4) is 0 Å². The van der Waals surface area contributed by atoms with E-state index in [4.69, 9.17) is 34.9 Å². The lowest BCUT2D eigenvalue weighted by Gasteiger charge is -2.22. The molecule has 1 aliphatic heterocycles. The summed E-state index contributed by atoms with van der Waals surface area (Å²) in [6.45, 7) is 6.70. The van der Waals surface area contributed by atoms with Crippen molar-refractivity contribution in [2.24, 2.45) is 10.5 Å². The number of nitrogen functional groups attached to an aromatic ring is 1. The van der Waals surface area contributed by atoms with E-state index in [-0.39, 0.29) is 109 Å². The second-order valence-corrected chi connectivity index (χ2v) is 15.7. The molecular weight excluding hydrogens is 849 g/mol. The number of benzene rings is 2. The van der Waals surface area contributed by atoms with E-state index in [1.165, 1.54) is 44.3 Å². The fourth-order valence-electron chi connectivity index (χ4n) is 5.96. The number of azide groups is 1. The maximum absolute atomic E-state index is 12.8. The van der Waals surface area contributed by atoms with Crippen molar-refractivity contribution in [2.75, 3.05) is 51.9 Å². The van der Waals surface area contributed by atoms with Gasteiger partial charge >= 0.3 is 11.7 Å². The van der Waals surface area contributed by atoms with Crippen LogP contribution in [0.5, 0.6) is 5.75 Å². The summed E-state index contributed by atoms with van der Waals surface area (Å²) in [6.07, 6.45) is -1.87. The van der Waals surface area contributed by atoms with Gasteiger partial charge < -0.3 is 45.2 Å². The van der Waals surface area contributed by atoms with Gasteiger partial charge in [-0.15, -0.1) is 0 Å². The molecule has 1 aliphatic rings. The van der Waals surface area contributed by atoms with E-state index in [0.29, 0.717) is 6.42 Å². The number of aliphatic hydroxyl groups excluding tert-OH is 1. The van der Waals surface area contributed by atoms with Gasteiger partial charge in [-0.2, -0.15) is 4.98 Å². The number of rotatable bonds is 22. The topological polar surface area (TPSA) is 303 Å². The number of esters is 1. The Hall–Kier alpha value is -6.95. The lowest BCUT2D eigenvalue weighted by Crippen LogP contribution is -2.34. The van der Waals surface area contributed by atoms with Crippen LogP contribution < -0.4 is 26.8 Å². The Morgan fingerprint density at radius 3 is 2.42 bits per heavy atom. The fourth-order valence-corrected chi connectivity index (χ4v) is 5.96. The first kappa shape index (κ1) is 50.7. The average molecular weight is 901 g/mol. The molecule has 0 aliphatic carbocycles. The number of nitrogens with one attached hydrogen (secondary N) is 2. The maximum atomic E-state index is 12.8. The normalized spacial score (nSPS) is 15.9. The molecule has 2 amide bonds. The Bertz CT molecular complexity index is 2380. The second kappa shape index (κ2) is 24.2. The second-order valence-electron chi connectivity index (χ2n) is 15.7. The van der Waals surface area contributed by atoms with Gasteiger partial charge in [0.05, 0.1) is 37.3 Å². The van der Waals surface area contributed by atoms with Crippen LogP contribution in [-0.2, 0) is 28.5 Å².